The molecule has 0 saturated carbocycles. The minimum Gasteiger partial charge on any atom is -0.481 e. The molecule has 0 aliphatic carbocycles. The van der Waals surface area contributed by atoms with Crippen LogP contribution < -0.4 is 5.32 Å². The lowest BCUT2D eigenvalue weighted by Crippen LogP contribution is -2.37. The molecule has 6 heteroatoms. The number of carboxylic acid groups (broad SMARTS) is 1. The topological polar surface area (TPSA) is 82.5 Å². The molecular formula is C13H19N3O3. The van der Waals surface area contributed by atoms with Crippen LogP contribution >= 0.6 is 0 Å². The fourth-order valence-corrected chi connectivity index (χ4v) is 1.54. The largest absolute Gasteiger partial charge is 0.481 e. The second-order valence-electron chi connectivity index (χ2n) is 4.26. The van der Waals surface area contributed by atoms with E-state index < -0.39 is 5.97 Å². The van der Waals surface area contributed by atoms with E-state index in [4.69, 9.17) is 5.11 Å². The molecule has 1 heterocycles. The van der Waals surface area contributed by atoms with Crippen LogP contribution in [0.1, 0.15) is 25.0 Å². The molecule has 2 amide bonds. The fourth-order valence-electron chi connectivity index (χ4n) is 1.54. The molecule has 1 aromatic rings. The minimum atomic E-state index is -0.807. The molecule has 0 aromatic carbocycles. The Morgan fingerprint density at radius 1 is 1.37 bits per heavy atom. The minimum absolute atomic E-state index is 0.139. The van der Waals surface area contributed by atoms with E-state index >= 15 is 0 Å². The molecule has 0 spiro atoms. The molecule has 0 saturated heterocycles. The SMILES string of the molecule is CN(Cc1ccccn1)C(=O)NCCCCC(=O)O. The van der Waals surface area contributed by atoms with Crippen molar-refractivity contribution >= 4 is 12.0 Å². The lowest BCUT2D eigenvalue weighted by molar-refractivity contribution is -0.137. The monoisotopic (exact) mass is 265 g/mol. The van der Waals surface area contributed by atoms with Gasteiger partial charge in [0.1, 0.15) is 0 Å². The highest BCUT2D eigenvalue weighted by atomic mass is 16.4. The molecule has 19 heavy (non-hydrogen) atoms. The van der Waals surface area contributed by atoms with E-state index in [0.29, 0.717) is 25.9 Å². The van der Waals surface area contributed by atoms with Crippen LogP contribution in [0.2, 0.25) is 0 Å². The first-order valence-electron chi connectivity index (χ1n) is 6.20. The van der Waals surface area contributed by atoms with Crippen molar-refractivity contribution in [2.24, 2.45) is 0 Å². The van der Waals surface area contributed by atoms with Crippen LogP contribution in [0, 0.1) is 0 Å². The number of hydrogen-bond donors (Lipinski definition) is 2. The third kappa shape index (κ3) is 6.40. The Balaban J connectivity index is 2.20. The molecule has 0 aliphatic heterocycles. The van der Waals surface area contributed by atoms with Gasteiger partial charge in [-0.3, -0.25) is 9.78 Å². The molecule has 0 atom stereocenters. The summed E-state index contributed by atoms with van der Waals surface area (Å²) < 4.78 is 0. The van der Waals surface area contributed by atoms with Gasteiger partial charge in [-0.1, -0.05) is 6.07 Å². The number of hydrogen-bond acceptors (Lipinski definition) is 3. The number of rotatable bonds is 7. The number of unbranched alkanes of at least 4 members (excludes halogenated alkanes) is 1. The first-order chi connectivity index (χ1) is 9.09. The van der Waals surface area contributed by atoms with Gasteiger partial charge in [-0.25, -0.2) is 4.79 Å². The highest BCUT2D eigenvalue weighted by molar-refractivity contribution is 5.73. The Morgan fingerprint density at radius 3 is 2.79 bits per heavy atom. The number of amides is 2. The van der Waals surface area contributed by atoms with Crippen LogP contribution in [0.15, 0.2) is 24.4 Å². The van der Waals surface area contributed by atoms with Gasteiger partial charge in [0.25, 0.3) is 0 Å². The van der Waals surface area contributed by atoms with Gasteiger partial charge in [-0.05, 0) is 25.0 Å². The maximum absolute atomic E-state index is 11.7. The highest BCUT2D eigenvalue weighted by Crippen LogP contribution is 1.99. The average molecular weight is 265 g/mol. The average Bonchev–Trinajstić information content (AvgIpc) is 2.38. The van der Waals surface area contributed by atoms with Gasteiger partial charge in [0.15, 0.2) is 0 Å². The Labute approximate surface area is 112 Å². The zero-order valence-electron chi connectivity index (χ0n) is 11.0. The van der Waals surface area contributed by atoms with Crippen molar-refractivity contribution in [3.63, 3.8) is 0 Å². The molecule has 6 nitrogen and oxygen atoms in total. The second kappa shape index (κ2) is 8.07. The Bertz CT molecular complexity index is 409. The Kier molecular flexibility index (Phi) is 6.35. The van der Waals surface area contributed by atoms with Crippen LogP contribution in [0.25, 0.3) is 0 Å². The fraction of sp³-hybridized carbons (Fsp3) is 0.462. The van der Waals surface area contributed by atoms with E-state index in [1.54, 1.807) is 18.1 Å². The highest BCUT2D eigenvalue weighted by Gasteiger charge is 2.08. The van der Waals surface area contributed by atoms with Crippen molar-refractivity contribution in [2.45, 2.75) is 25.8 Å². The van der Waals surface area contributed by atoms with Crippen molar-refractivity contribution < 1.29 is 14.7 Å². The standard InChI is InChI=1S/C13H19N3O3/c1-16(10-11-6-2-4-8-14-11)13(19)15-9-5-3-7-12(17)18/h2,4,6,8H,3,5,7,9-10H2,1H3,(H,15,19)(H,17,18). The number of aromatic nitrogens is 1. The summed E-state index contributed by atoms with van der Waals surface area (Å²) in [6.07, 6.45) is 3.06. The maximum atomic E-state index is 11.7. The van der Waals surface area contributed by atoms with Gasteiger partial charge >= 0.3 is 12.0 Å². The second-order valence-corrected chi connectivity index (χ2v) is 4.26. The predicted molar refractivity (Wildman–Crippen MR) is 70.6 cm³/mol. The molecule has 1 rings (SSSR count). The van der Waals surface area contributed by atoms with E-state index in [1.807, 2.05) is 18.2 Å². The third-order valence-corrected chi connectivity index (χ3v) is 2.57. The lowest BCUT2D eigenvalue weighted by atomic mass is 10.2. The molecule has 0 radical (unpaired) electrons. The van der Waals surface area contributed by atoms with Crippen molar-refractivity contribution in [1.29, 1.82) is 0 Å². The van der Waals surface area contributed by atoms with Crippen molar-refractivity contribution in [3.05, 3.63) is 30.1 Å². The summed E-state index contributed by atoms with van der Waals surface area (Å²) in [6, 6.07) is 5.38. The Morgan fingerprint density at radius 2 is 2.16 bits per heavy atom. The number of carbonyl (C=O) groups excluding carboxylic acids is 1. The quantitative estimate of drug-likeness (QED) is 0.731. The van der Waals surface area contributed by atoms with Gasteiger partial charge in [0, 0.05) is 26.2 Å². The molecule has 0 bridgehead atoms. The molecule has 1 aromatic heterocycles. The number of urea groups is 1. The maximum Gasteiger partial charge on any atom is 0.317 e. The van der Waals surface area contributed by atoms with Crippen LogP contribution in [-0.4, -0.2) is 40.6 Å². The molecule has 2 N–H and O–H groups in total. The zero-order valence-corrected chi connectivity index (χ0v) is 11.0. The smallest absolute Gasteiger partial charge is 0.317 e. The summed E-state index contributed by atoms with van der Waals surface area (Å²) >= 11 is 0. The lowest BCUT2D eigenvalue weighted by Gasteiger charge is -2.17. The number of nitrogens with one attached hydrogen (secondary N) is 1. The molecule has 0 fully saturated rings. The number of carbonyl (C=O) groups is 2. The normalized spacial score (nSPS) is 9.95. The van der Waals surface area contributed by atoms with Crippen LogP contribution in [0.4, 0.5) is 4.79 Å². The number of nitrogens with zero attached hydrogens (tertiary/aromatic N) is 2. The Hall–Kier alpha value is -2.11. The zero-order chi connectivity index (χ0) is 14.1. The summed E-state index contributed by atoms with van der Waals surface area (Å²) in [4.78, 5) is 27.7. The number of carboxylic acids is 1. The predicted octanol–water partition coefficient (Wildman–Crippen LogP) is 1.48. The first kappa shape index (κ1) is 14.9. The molecular weight excluding hydrogens is 246 g/mol. The number of pyridine rings is 1. The summed E-state index contributed by atoms with van der Waals surface area (Å²) in [5.74, 6) is -0.807. The summed E-state index contributed by atoms with van der Waals surface area (Å²) in [5, 5.41) is 11.2. The van der Waals surface area contributed by atoms with Gasteiger partial charge in [-0.2, -0.15) is 0 Å². The van der Waals surface area contributed by atoms with Gasteiger partial charge in [-0.15, -0.1) is 0 Å². The summed E-state index contributed by atoms with van der Waals surface area (Å²) in [6.45, 7) is 0.931. The number of aliphatic carboxylic acids is 1. The molecule has 104 valence electrons. The van der Waals surface area contributed by atoms with Crippen LogP contribution in [-0.2, 0) is 11.3 Å². The molecule has 0 aliphatic rings. The van der Waals surface area contributed by atoms with Crippen LogP contribution in [0.3, 0.4) is 0 Å². The first-order valence-corrected chi connectivity index (χ1v) is 6.20. The van der Waals surface area contributed by atoms with E-state index in [2.05, 4.69) is 10.3 Å². The van der Waals surface area contributed by atoms with Crippen molar-refractivity contribution in [1.82, 2.24) is 15.2 Å². The third-order valence-electron chi connectivity index (χ3n) is 2.57. The summed E-state index contributed by atoms with van der Waals surface area (Å²) in [7, 11) is 1.70. The van der Waals surface area contributed by atoms with Gasteiger partial charge in [0.2, 0.25) is 0 Å². The van der Waals surface area contributed by atoms with Gasteiger partial charge in [0.05, 0.1) is 12.2 Å². The van der Waals surface area contributed by atoms with Gasteiger partial charge < -0.3 is 15.3 Å². The van der Waals surface area contributed by atoms with E-state index in [9.17, 15) is 9.59 Å². The molecule has 0 unspecified atom stereocenters. The van der Waals surface area contributed by atoms with Crippen molar-refractivity contribution in [2.75, 3.05) is 13.6 Å². The van der Waals surface area contributed by atoms with E-state index in [0.717, 1.165) is 5.69 Å². The van der Waals surface area contributed by atoms with Crippen LogP contribution in [0.5, 0.6) is 0 Å². The van der Waals surface area contributed by atoms with Crippen molar-refractivity contribution in [3.8, 4) is 0 Å². The van der Waals surface area contributed by atoms with E-state index in [-0.39, 0.29) is 12.5 Å². The summed E-state index contributed by atoms with van der Waals surface area (Å²) in [5.41, 5.74) is 0.825. The van der Waals surface area contributed by atoms with E-state index in [1.165, 1.54) is 0 Å².